The third-order valence-electron chi connectivity index (χ3n) is 7.28. The Hall–Kier alpha value is -4.17. The molecule has 1 fully saturated rings. The summed E-state index contributed by atoms with van der Waals surface area (Å²) in [5, 5.41) is 8.66. The van der Waals surface area contributed by atoms with Gasteiger partial charge in [0, 0.05) is 49.9 Å². The number of aromatic nitrogens is 5. The summed E-state index contributed by atoms with van der Waals surface area (Å²) in [5.41, 5.74) is 6.35. The van der Waals surface area contributed by atoms with Crippen LogP contribution in [0.1, 0.15) is 18.4 Å². The van der Waals surface area contributed by atoms with E-state index in [0.29, 0.717) is 11.6 Å². The molecule has 5 aromatic rings. The number of benzene rings is 2. The molecule has 0 bridgehead atoms. The largest absolute Gasteiger partial charge is 0.496 e. The minimum atomic E-state index is 0.276. The number of rotatable bonds is 7. The van der Waals surface area contributed by atoms with Crippen LogP contribution in [-0.4, -0.2) is 50.5 Å². The Morgan fingerprint density at radius 3 is 2.51 bits per heavy atom. The summed E-state index contributed by atoms with van der Waals surface area (Å²) in [7, 11) is 5.43. The van der Waals surface area contributed by atoms with E-state index in [1.54, 1.807) is 20.4 Å². The fraction of sp³-hybridized carbons (Fsp3) is 0.276. The molecule has 0 unspecified atom stereocenters. The van der Waals surface area contributed by atoms with Crippen molar-refractivity contribution in [3.05, 3.63) is 72.7 Å². The number of hydrogen-bond donors (Lipinski definition) is 1. The molecule has 0 aliphatic heterocycles. The lowest BCUT2D eigenvalue weighted by Gasteiger charge is -2.35. The molecule has 188 valence electrons. The molecule has 1 N–H and O–H groups in total. The predicted molar refractivity (Wildman–Crippen MR) is 145 cm³/mol. The molecule has 37 heavy (non-hydrogen) atoms. The van der Waals surface area contributed by atoms with Gasteiger partial charge in [0.05, 0.1) is 13.2 Å². The number of hydrogen-bond acceptors (Lipinski definition) is 6. The maximum absolute atomic E-state index is 5.66. The number of nitrogens with zero attached hydrogens (tertiary/aromatic N) is 5. The maximum Gasteiger partial charge on any atom is 0.218 e. The van der Waals surface area contributed by atoms with E-state index >= 15 is 0 Å². The van der Waals surface area contributed by atoms with Crippen LogP contribution in [0.3, 0.4) is 0 Å². The van der Waals surface area contributed by atoms with Crippen molar-refractivity contribution in [2.45, 2.75) is 31.9 Å². The molecule has 3 aromatic heterocycles. The minimum absolute atomic E-state index is 0.276. The van der Waals surface area contributed by atoms with Gasteiger partial charge >= 0.3 is 0 Å². The lowest BCUT2D eigenvalue weighted by Crippen LogP contribution is -2.40. The average Bonchev–Trinajstić information content (AvgIpc) is 3.50. The molecule has 6 rings (SSSR count). The number of anilines is 1. The molecule has 8 nitrogen and oxygen atoms in total. The number of aryl methyl sites for hydroxylation is 1. The van der Waals surface area contributed by atoms with Crippen molar-refractivity contribution >= 4 is 11.3 Å². The topological polar surface area (TPSA) is 78.5 Å². The molecule has 0 spiro atoms. The zero-order chi connectivity index (χ0) is 25.5. The van der Waals surface area contributed by atoms with Gasteiger partial charge < -0.3 is 19.4 Å². The summed E-state index contributed by atoms with van der Waals surface area (Å²) in [6, 6.07) is 16.9. The highest BCUT2D eigenvalue weighted by Gasteiger charge is 2.31. The first-order chi connectivity index (χ1) is 18.1. The van der Waals surface area contributed by atoms with Gasteiger partial charge in [0.1, 0.15) is 11.3 Å². The van der Waals surface area contributed by atoms with E-state index in [4.69, 9.17) is 19.6 Å². The molecule has 3 heterocycles. The smallest absolute Gasteiger partial charge is 0.218 e. The molecule has 0 atom stereocenters. The second kappa shape index (κ2) is 9.37. The Morgan fingerprint density at radius 2 is 1.81 bits per heavy atom. The van der Waals surface area contributed by atoms with Gasteiger partial charge in [0.15, 0.2) is 11.6 Å². The molecule has 0 radical (unpaired) electrons. The van der Waals surface area contributed by atoms with E-state index in [1.807, 2.05) is 40.5 Å². The number of imidazole rings is 1. The van der Waals surface area contributed by atoms with E-state index < -0.39 is 0 Å². The summed E-state index contributed by atoms with van der Waals surface area (Å²) in [6.45, 7) is 2.09. The molecule has 1 aliphatic carbocycles. The first kappa shape index (κ1) is 23.2. The average molecular weight is 495 g/mol. The van der Waals surface area contributed by atoms with Crippen LogP contribution in [0.5, 0.6) is 5.75 Å². The van der Waals surface area contributed by atoms with Crippen molar-refractivity contribution in [2.75, 3.05) is 19.5 Å². The Labute approximate surface area is 215 Å². The van der Waals surface area contributed by atoms with Crippen molar-refractivity contribution < 1.29 is 9.47 Å². The van der Waals surface area contributed by atoms with Crippen LogP contribution >= 0.6 is 0 Å². The molecule has 1 aliphatic rings. The molecular weight excluding hydrogens is 464 g/mol. The first-order valence-electron chi connectivity index (χ1n) is 12.5. The first-order valence-corrected chi connectivity index (χ1v) is 12.5. The van der Waals surface area contributed by atoms with Gasteiger partial charge in [-0.1, -0.05) is 42.5 Å². The van der Waals surface area contributed by atoms with Crippen molar-refractivity contribution in [1.29, 1.82) is 0 Å². The number of ether oxygens (including phenoxy) is 2. The molecule has 1 saturated carbocycles. The molecule has 2 aromatic carbocycles. The zero-order valence-corrected chi connectivity index (χ0v) is 21.5. The lowest BCUT2D eigenvalue weighted by atomic mass is 9.89. The third kappa shape index (κ3) is 4.03. The number of methoxy groups -OCH3 is 2. The van der Waals surface area contributed by atoms with Crippen LogP contribution in [0.25, 0.3) is 39.4 Å². The molecule has 0 saturated heterocycles. The van der Waals surface area contributed by atoms with Gasteiger partial charge in [-0.2, -0.15) is 0 Å². The Kier molecular flexibility index (Phi) is 5.88. The van der Waals surface area contributed by atoms with Crippen LogP contribution in [0.4, 0.5) is 5.82 Å². The lowest BCUT2D eigenvalue weighted by molar-refractivity contribution is 0.0328. The van der Waals surface area contributed by atoms with Crippen LogP contribution < -0.4 is 10.1 Å². The quantitative estimate of drug-likeness (QED) is 0.328. The van der Waals surface area contributed by atoms with Crippen LogP contribution in [0.2, 0.25) is 0 Å². The van der Waals surface area contributed by atoms with Gasteiger partial charge in [-0.15, -0.1) is 5.10 Å². The van der Waals surface area contributed by atoms with E-state index in [-0.39, 0.29) is 12.1 Å². The summed E-state index contributed by atoms with van der Waals surface area (Å²) in [4.78, 5) is 9.55. The van der Waals surface area contributed by atoms with E-state index in [9.17, 15) is 0 Å². The molecular formula is C29H30N6O2. The normalized spacial score (nSPS) is 17.1. The summed E-state index contributed by atoms with van der Waals surface area (Å²) in [6.07, 6.45) is 7.92. The van der Waals surface area contributed by atoms with Crippen molar-refractivity contribution in [2.24, 2.45) is 7.05 Å². The second-order valence-electron chi connectivity index (χ2n) is 9.53. The zero-order valence-electron chi connectivity index (χ0n) is 21.5. The number of nitrogens with one attached hydrogen (secondary N) is 1. The molecule has 0 amide bonds. The Balaban J connectivity index is 1.63. The highest BCUT2D eigenvalue weighted by atomic mass is 16.5. The fourth-order valence-corrected chi connectivity index (χ4v) is 5.16. The van der Waals surface area contributed by atoms with Gasteiger partial charge in [-0.3, -0.25) is 0 Å². The van der Waals surface area contributed by atoms with Crippen LogP contribution in [0, 0.1) is 6.92 Å². The Morgan fingerprint density at radius 1 is 1.00 bits per heavy atom. The van der Waals surface area contributed by atoms with Crippen molar-refractivity contribution in [3.63, 3.8) is 0 Å². The van der Waals surface area contributed by atoms with Gasteiger partial charge in [-0.05, 0) is 42.5 Å². The molecule has 8 heteroatoms. The third-order valence-corrected chi connectivity index (χ3v) is 7.28. The fourth-order valence-electron chi connectivity index (χ4n) is 5.16. The minimum Gasteiger partial charge on any atom is -0.496 e. The van der Waals surface area contributed by atoms with Gasteiger partial charge in [-0.25, -0.2) is 14.5 Å². The maximum atomic E-state index is 5.66. The van der Waals surface area contributed by atoms with E-state index in [2.05, 4.69) is 53.8 Å². The van der Waals surface area contributed by atoms with Crippen LogP contribution in [-0.2, 0) is 11.8 Å². The standard InChI is InChI=1S/C29H30N6O2/c1-18-22(11-8-12-24(18)37-4)23-17-35-26(25(23)19-9-6-5-7-10-19)27(31-20-15-21(16-20)36-3)32-28(33-35)29-30-13-14-34(29)2/h5-14,17,20-21H,15-16H2,1-4H3,(H,31,32,33)/t20-,21-. The monoisotopic (exact) mass is 494 g/mol. The predicted octanol–water partition coefficient (Wildman–Crippen LogP) is 5.37. The number of fused-ring (bicyclic) bond motifs is 1. The van der Waals surface area contributed by atoms with E-state index in [0.717, 1.165) is 57.7 Å². The summed E-state index contributed by atoms with van der Waals surface area (Å²) >= 11 is 0. The van der Waals surface area contributed by atoms with Crippen LogP contribution in [0.15, 0.2) is 67.1 Å². The van der Waals surface area contributed by atoms with Crippen molar-refractivity contribution in [1.82, 2.24) is 24.1 Å². The summed E-state index contributed by atoms with van der Waals surface area (Å²) in [5.74, 6) is 2.92. The highest BCUT2D eigenvalue weighted by Crippen LogP contribution is 2.42. The van der Waals surface area contributed by atoms with Gasteiger partial charge in [0.2, 0.25) is 5.82 Å². The Bertz CT molecular complexity index is 1570. The SMILES string of the molecule is COc1cccc(-c2cn3nc(-c4nccn4C)nc(N[C@H]4C[C@H](OC)C4)c3c2-c2ccccc2)c1C. The highest BCUT2D eigenvalue weighted by molar-refractivity contribution is 5.99. The van der Waals surface area contributed by atoms with E-state index in [1.165, 1.54) is 0 Å². The second-order valence-corrected chi connectivity index (χ2v) is 9.53. The van der Waals surface area contributed by atoms with Gasteiger partial charge in [0.25, 0.3) is 0 Å². The van der Waals surface area contributed by atoms with Crippen molar-refractivity contribution in [3.8, 4) is 39.7 Å². The summed E-state index contributed by atoms with van der Waals surface area (Å²) < 4.78 is 15.1.